The van der Waals surface area contributed by atoms with Crippen LogP contribution >= 0.6 is 0 Å². The van der Waals surface area contributed by atoms with Crippen LogP contribution in [-0.2, 0) is 27.3 Å². The average Bonchev–Trinajstić information content (AvgIpc) is 2.70. The highest BCUT2D eigenvalue weighted by molar-refractivity contribution is 5.76. The molecule has 0 aliphatic carbocycles. The predicted molar refractivity (Wildman–Crippen MR) is 101 cm³/mol. The highest BCUT2D eigenvalue weighted by Crippen LogP contribution is 2.27. The number of carbonyl (C=O) groups is 1. The maximum Gasteiger partial charge on any atom is 0.319 e. The number of halogens is 2. The van der Waals surface area contributed by atoms with Crippen LogP contribution in [0.25, 0.3) is 0 Å². The van der Waals surface area contributed by atoms with Crippen LogP contribution < -0.4 is 0 Å². The zero-order chi connectivity index (χ0) is 20.4. The lowest BCUT2D eigenvalue weighted by atomic mass is 9.94. The first-order valence-corrected chi connectivity index (χ1v) is 9.13. The van der Waals surface area contributed by atoms with Crippen molar-refractivity contribution in [3.05, 3.63) is 83.6 Å². The van der Waals surface area contributed by atoms with Crippen molar-refractivity contribution >= 4 is 5.97 Å². The number of carbonyl (C=O) groups excluding carboxylic acids is 1. The molecule has 2 aromatic rings. The summed E-state index contributed by atoms with van der Waals surface area (Å²) in [4.78, 5) is 12.3. The van der Waals surface area contributed by atoms with Crippen LogP contribution in [0.3, 0.4) is 0 Å². The highest BCUT2D eigenvalue weighted by atomic mass is 19.3. The van der Waals surface area contributed by atoms with Crippen LogP contribution in [-0.4, -0.2) is 23.8 Å². The Morgan fingerprint density at radius 1 is 0.964 bits per heavy atom. The van der Waals surface area contributed by atoms with Crippen molar-refractivity contribution in [1.29, 1.82) is 0 Å². The maximum absolute atomic E-state index is 13.6. The van der Waals surface area contributed by atoms with Crippen LogP contribution in [0.1, 0.15) is 24.5 Å². The molecule has 0 heterocycles. The lowest BCUT2D eigenvalue weighted by Gasteiger charge is -2.23. The molecular formula is C22H24F2O4. The quantitative estimate of drug-likeness (QED) is 0.480. The minimum absolute atomic E-state index is 0.0145. The first-order valence-electron chi connectivity index (χ1n) is 9.13. The van der Waals surface area contributed by atoms with E-state index in [1.54, 1.807) is 37.3 Å². The van der Waals surface area contributed by atoms with E-state index in [2.05, 4.69) is 0 Å². The molecule has 2 atom stereocenters. The third kappa shape index (κ3) is 6.46. The SMILES string of the molecule is CCOC(=O)[C@H](C(OCc1ccccc1)=C(F)F)[C@H](O)CCc1ccccc1. The Kier molecular flexibility index (Phi) is 8.62. The second-order valence-corrected chi connectivity index (χ2v) is 6.22. The summed E-state index contributed by atoms with van der Waals surface area (Å²) < 4.78 is 37.4. The summed E-state index contributed by atoms with van der Waals surface area (Å²) in [6, 6.07) is 18.0. The van der Waals surface area contributed by atoms with E-state index in [1.165, 1.54) is 0 Å². The summed E-state index contributed by atoms with van der Waals surface area (Å²) in [5, 5.41) is 10.5. The Morgan fingerprint density at radius 2 is 1.54 bits per heavy atom. The van der Waals surface area contributed by atoms with Gasteiger partial charge in [-0.05, 0) is 30.9 Å². The summed E-state index contributed by atoms with van der Waals surface area (Å²) >= 11 is 0. The largest absolute Gasteiger partial charge is 0.487 e. The molecule has 0 aromatic heterocycles. The Bertz CT molecular complexity index is 759. The molecule has 28 heavy (non-hydrogen) atoms. The molecule has 6 heteroatoms. The molecule has 4 nitrogen and oxygen atoms in total. The van der Waals surface area contributed by atoms with E-state index in [4.69, 9.17) is 9.47 Å². The monoisotopic (exact) mass is 390 g/mol. The Hall–Kier alpha value is -2.73. The lowest BCUT2D eigenvalue weighted by molar-refractivity contribution is -0.152. The molecule has 0 saturated carbocycles. The van der Waals surface area contributed by atoms with Gasteiger partial charge in [0.15, 0.2) is 5.76 Å². The average molecular weight is 390 g/mol. The summed E-state index contributed by atoms with van der Waals surface area (Å²) in [5.74, 6) is -3.36. The van der Waals surface area contributed by atoms with Gasteiger partial charge in [0.1, 0.15) is 12.5 Å². The Labute approximate surface area is 163 Å². The van der Waals surface area contributed by atoms with Crippen molar-refractivity contribution in [2.75, 3.05) is 6.61 Å². The molecule has 0 saturated heterocycles. The summed E-state index contributed by atoms with van der Waals surface area (Å²) in [6.07, 6.45) is -2.98. The number of rotatable bonds is 10. The van der Waals surface area contributed by atoms with E-state index in [9.17, 15) is 18.7 Å². The molecule has 0 spiro atoms. The second-order valence-electron chi connectivity index (χ2n) is 6.22. The number of hydrogen-bond acceptors (Lipinski definition) is 4. The number of aryl methyl sites for hydroxylation is 1. The topological polar surface area (TPSA) is 55.8 Å². The fraction of sp³-hybridized carbons (Fsp3) is 0.318. The minimum Gasteiger partial charge on any atom is -0.487 e. The van der Waals surface area contributed by atoms with Gasteiger partial charge in [-0.1, -0.05) is 60.7 Å². The fourth-order valence-electron chi connectivity index (χ4n) is 2.79. The molecule has 0 aliphatic rings. The highest BCUT2D eigenvalue weighted by Gasteiger charge is 2.36. The Balaban J connectivity index is 2.15. The number of aliphatic hydroxyl groups is 1. The van der Waals surface area contributed by atoms with E-state index in [0.29, 0.717) is 12.0 Å². The number of benzene rings is 2. The first kappa shape index (κ1) is 21.6. The molecule has 2 aromatic carbocycles. The molecule has 0 unspecified atom stereocenters. The van der Waals surface area contributed by atoms with Crippen molar-refractivity contribution in [2.24, 2.45) is 5.92 Å². The van der Waals surface area contributed by atoms with Crippen LogP contribution in [0.5, 0.6) is 0 Å². The number of ether oxygens (including phenoxy) is 2. The molecule has 150 valence electrons. The maximum atomic E-state index is 13.6. The van der Waals surface area contributed by atoms with Gasteiger partial charge < -0.3 is 14.6 Å². The van der Waals surface area contributed by atoms with Crippen molar-refractivity contribution in [1.82, 2.24) is 0 Å². The van der Waals surface area contributed by atoms with E-state index < -0.39 is 29.8 Å². The molecule has 0 fully saturated rings. The van der Waals surface area contributed by atoms with Gasteiger partial charge in [-0.15, -0.1) is 0 Å². The second kappa shape index (κ2) is 11.2. The molecule has 0 bridgehead atoms. The van der Waals surface area contributed by atoms with Crippen LogP contribution in [0, 0.1) is 5.92 Å². The predicted octanol–water partition coefficient (Wildman–Crippen LogP) is 4.48. The van der Waals surface area contributed by atoms with Crippen molar-refractivity contribution in [3.8, 4) is 0 Å². The van der Waals surface area contributed by atoms with Crippen LogP contribution in [0.4, 0.5) is 8.78 Å². The van der Waals surface area contributed by atoms with E-state index in [1.807, 2.05) is 30.3 Å². The van der Waals surface area contributed by atoms with Gasteiger partial charge in [0.05, 0.1) is 12.7 Å². The zero-order valence-corrected chi connectivity index (χ0v) is 15.7. The molecule has 0 radical (unpaired) electrons. The lowest BCUT2D eigenvalue weighted by Crippen LogP contribution is -2.33. The first-order chi connectivity index (χ1) is 13.5. The fourth-order valence-corrected chi connectivity index (χ4v) is 2.79. The zero-order valence-electron chi connectivity index (χ0n) is 15.7. The van der Waals surface area contributed by atoms with Gasteiger partial charge in [0, 0.05) is 0 Å². The van der Waals surface area contributed by atoms with Gasteiger partial charge in [-0.25, -0.2) is 0 Å². The normalized spacial score (nSPS) is 12.7. The third-order valence-corrected chi connectivity index (χ3v) is 4.20. The van der Waals surface area contributed by atoms with E-state index >= 15 is 0 Å². The van der Waals surface area contributed by atoms with Crippen LogP contribution in [0.2, 0.25) is 0 Å². The summed E-state index contributed by atoms with van der Waals surface area (Å²) in [7, 11) is 0. The Morgan fingerprint density at radius 3 is 2.07 bits per heavy atom. The van der Waals surface area contributed by atoms with E-state index in [-0.39, 0.29) is 19.6 Å². The number of aliphatic hydroxyl groups excluding tert-OH is 1. The van der Waals surface area contributed by atoms with Gasteiger partial charge in [0.2, 0.25) is 0 Å². The number of hydrogen-bond donors (Lipinski definition) is 1. The molecular weight excluding hydrogens is 366 g/mol. The van der Waals surface area contributed by atoms with Crippen molar-refractivity contribution in [3.63, 3.8) is 0 Å². The third-order valence-electron chi connectivity index (χ3n) is 4.20. The number of esters is 1. The van der Waals surface area contributed by atoms with Crippen LogP contribution in [0.15, 0.2) is 72.5 Å². The summed E-state index contributed by atoms with van der Waals surface area (Å²) in [6.45, 7) is 1.45. The molecule has 0 amide bonds. The van der Waals surface area contributed by atoms with Crippen molar-refractivity contribution in [2.45, 2.75) is 32.5 Å². The van der Waals surface area contributed by atoms with Gasteiger partial charge in [-0.2, -0.15) is 8.78 Å². The molecule has 1 N–H and O–H groups in total. The summed E-state index contributed by atoms with van der Waals surface area (Å²) in [5.41, 5.74) is 1.60. The van der Waals surface area contributed by atoms with Gasteiger partial charge >= 0.3 is 12.0 Å². The van der Waals surface area contributed by atoms with Crippen molar-refractivity contribution < 1.29 is 28.2 Å². The molecule has 0 aliphatic heterocycles. The standard InChI is InChI=1S/C22H24F2O4/c1-2-27-22(26)19(18(25)14-13-16-9-5-3-6-10-16)20(21(23)24)28-15-17-11-7-4-8-12-17/h3-12,18-19,25H,2,13-15H2,1H3/t18-,19+/m1/s1. The minimum atomic E-state index is -2.15. The molecule has 2 rings (SSSR count). The van der Waals surface area contributed by atoms with Gasteiger partial charge in [0.25, 0.3) is 0 Å². The van der Waals surface area contributed by atoms with Gasteiger partial charge in [-0.3, -0.25) is 4.79 Å². The van der Waals surface area contributed by atoms with E-state index in [0.717, 1.165) is 5.56 Å². The smallest absolute Gasteiger partial charge is 0.319 e.